The second-order valence-corrected chi connectivity index (χ2v) is 12.6. The van der Waals surface area contributed by atoms with Crippen molar-refractivity contribution in [1.82, 2.24) is 5.32 Å². The number of rotatable bonds is 7. The molecule has 1 aromatic carbocycles. The van der Waals surface area contributed by atoms with Crippen LogP contribution in [-0.2, 0) is 25.6 Å². The van der Waals surface area contributed by atoms with E-state index in [1.165, 1.54) is 12.7 Å². The highest BCUT2D eigenvalue weighted by molar-refractivity contribution is 6.05. The van der Waals surface area contributed by atoms with Gasteiger partial charge in [-0.1, -0.05) is 61.0 Å². The summed E-state index contributed by atoms with van der Waals surface area (Å²) in [6.45, 7) is 6.43. The molecule has 5 rings (SSSR count). The van der Waals surface area contributed by atoms with E-state index >= 15 is 0 Å². The molecule has 0 spiro atoms. The lowest BCUT2D eigenvalue weighted by molar-refractivity contribution is -0.145. The van der Waals surface area contributed by atoms with Crippen LogP contribution >= 0.6 is 0 Å². The first kappa shape index (κ1) is 27.6. The van der Waals surface area contributed by atoms with E-state index in [-0.39, 0.29) is 17.4 Å². The highest BCUT2D eigenvalue weighted by atomic mass is 16.6. The lowest BCUT2D eigenvalue weighted by Gasteiger charge is -2.58. The van der Waals surface area contributed by atoms with Crippen molar-refractivity contribution in [1.29, 1.82) is 0 Å². The zero-order chi connectivity index (χ0) is 27.8. The normalized spacial score (nSPS) is 36.7. The fraction of sp³-hybridized carbons (Fsp3) is 0.594. The molecule has 4 aliphatic rings. The topological polar surface area (TPSA) is 97.2 Å². The maximum absolute atomic E-state index is 12.5. The van der Waals surface area contributed by atoms with Crippen LogP contribution in [0.1, 0.15) is 64.9 Å². The lowest BCUT2D eigenvalue weighted by atomic mass is 9.47. The van der Waals surface area contributed by atoms with Crippen LogP contribution in [0, 0.1) is 28.6 Å². The Labute approximate surface area is 231 Å². The molecule has 7 unspecified atom stereocenters. The molecular formula is C32H42N2O5. The third-order valence-corrected chi connectivity index (χ3v) is 10.6. The number of hydrogen-bond donors (Lipinski definition) is 2. The molecule has 0 saturated heterocycles. The summed E-state index contributed by atoms with van der Waals surface area (Å²) in [5.74, 6) is 0.833. The van der Waals surface area contributed by atoms with E-state index < -0.39 is 23.5 Å². The highest BCUT2D eigenvalue weighted by Crippen LogP contribution is 2.66. The second kappa shape index (κ2) is 10.6. The molecule has 0 aromatic heterocycles. The van der Waals surface area contributed by atoms with Gasteiger partial charge in [0.05, 0.1) is 12.7 Å². The Morgan fingerprint density at radius 1 is 1.10 bits per heavy atom. The number of hydrogen-bond acceptors (Lipinski definition) is 6. The van der Waals surface area contributed by atoms with Crippen LogP contribution in [0.4, 0.5) is 0 Å². The number of methoxy groups -OCH3 is 1. The SMILES string of the molecule is COC(=O)C(Cc1ccccc1)NC(=O)CON=C1C=CC2(C)C(=C1)CCC1C2CCC2(C)C1CCC2(C)O. The van der Waals surface area contributed by atoms with E-state index in [2.05, 4.69) is 36.5 Å². The van der Waals surface area contributed by atoms with E-state index in [4.69, 9.17) is 9.57 Å². The molecule has 0 aliphatic heterocycles. The summed E-state index contributed by atoms with van der Waals surface area (Å²) in [6, 6.07) is 8.68. The van der Waals surface area contributed by atoms with Crippen LogP contribution in [0.3, 0.4) is 0 Å². The average molecular weight is 535 g/mol. The molecule has 0 radical (unpaired) electrons. The smallest absolute Gasteiger partial charge is 0.328 e. The number of oxime groups is 1. The van der Waals surface area contributed by atoms with Crippen LogP contribution in [-0.4, -0.2) is 48.1 Å². The van der Waals surface area contributed by atoms with Gasteiger partial charge in [-0.15, -0.1) is 0 Å². The Morgan fingerprint density at radius 2 is 1.85 bits per heavy atom. The van der Waals surface area contributed by atoms with E-state index in [0.717, 1.165) is 44.1 Å². The number of amides is 1. The second-order valence-electron chi connectivity index (χ2n) is 12.6. The van der Waals surface area contributed by atoms with Crippen LogP contribution in [0.5, 0.6) is 0 Å². The maximum Gasteiger partial charge on any atom is 0.328 e. The van der Waals surface area contributed by atoms with E-state index in [1.54, 1.807) is 0 Å². The first-order valence-electron chi connectivity index (χ1n) is 14.3. The summed E-state index contributed by atoms with van der Waals surface area (Å²) >= 11 is 0. The van der Waals surface area contributed by atoms with Gasteiger partial charge in [0, 0.05) is 11.8 Å². The molecule has 1 aromatic rings. The molecule has 3 saturated carbocycles. The Bertz CT molecular complexity index is 1190. The van der Waals surface area contributed by atoms with Crippen molar-refractivity contribution in [3.8, 4) is 0 Å². The molecule has 1 amide bonds. The largest absolute Gasteiger partial charge is 0.467 e. The van der Waals surface area contributed by atoms with Crippen molar-refractivity contribution < 1.29 is 24.3 Å². The molecule has 7 nitrogen and oxygen atoms in total. The van der Waals surface area contributed by atoms with E-state index in [9.17, 15) is 14.7 Å². The van der Waals surface area contributed by atoms with Gasteiger partial charge in [-0.2, -0.15) is 0 Å². The number of nitrogens with zero attached hydrogens (tertiary/aromatic N) is 1. The third kappa shape index (κ3) is 5.06. The standard InChI is InChI=1S/C32H42N2O5/c1-30-15-12-23(34-39-20-28(35)33-27(29(36)38-4)18-21-8-6-5-7-9-21)19-22(30)10-11-24-25(30)13-16-31(2)26(24)14-17-32(31,3)37/h5-9,12,15,19,24-27,37H,10-11,13-14,16-18,20H2,1-4H3,(H,33,35). The number of nitrogens with one attached hydrogen (secondary N) is 1. The van der Waals surface area contributed by atoms with Crippen molar-refractivity contribution in [2.75, 3.05) is 13.7 Å². The molecule has 2 N–H and O–H groups in total. The summed E-state index contributed by atoms with van der Waals surface area (Å²) in [6.07, 6.45) is 13.1. The van der Waals surface area contributed by atoms with Crippen LogP contribution < -0.4 is 5.32 Å². The summed E-state index contributed by atoms with van der Waals surface area (Å²) in [4.78, 5) is 30.2. The third-order valence-electron chi connectivity index (χ3n) is 10.6. The average Bonchev–Trinajstić information content (AvgIpc) is 3.17. The van der Waals surface area contributed by atoms with Crippen molar-refractivity contribution in [3.05, 3.63) is 59.7 Å². The molecule has 0 heterocycles. The minimum atomic E-state index is -0.797. The molecule has 210 valence electrons. The van der Waals surface area contributed by atoms with Crippen molar-refractivity contribution >= 4 is 17.6 Å². The van der Waals surface area contributed by atoms with E-state index in [1.807, 2.05) is 43.3 Å². The predicted molar refractivity (Wildman–Crippen MR) is 150 cm³/mol. The fourth-order valence-electron chi connectivity index (χ4n) is 8.09. The van der Waals surface area contributed by atoms with Gasteiger partial charge in [0.1, 0.15) is 11.8 Å². The van der Waals surface area contributed by atoms with Crippen LogP contribution in [0.2, 0.25) is 0 Å². The van der Waals surface area contributed by atoms with E-state index in [0.29, 0.717) is 29.9 Å². The van der Waals surface area contributed by atoms with Crippen molar-refractivity contribution in [2.45, 2.75) is 77.4 Å². The quantitative estimate of drug-likeness (QED) is 0.389. The summed E-state index contributed by atoms with van der Waals surface area (Å²) in [7, 11) is 1.31. The van der Waals surface area contributed by atoms with Gasteiger partial charge in [0.15, 0.2) is 6.61 Å². The lowest BCUT2D eigenvalue weighted by Crippen LogP contribution is -2.53. The molecule has 7 heteroatoms. The molecule has 4 aliphatic carbocycles. The number of allylic oxidation sites excluding steroid dienone is 4. The minimum absolute atomic E-state index is 0.0130. The number of carbonyl (C=O) groups excluding carboxylic acids is 2. The van der Waals surface area contributed by atoms with Gasteiger partial charge in [-0.05, 0) is 86.3 Å². The monoisotopic (exact) mass is 534 g/mol. The van der Waals surface area contributed by atoms with Gasteiger partial charge in [0.25, 0.3) is 5.91 Å². The fourth-order valence-corrected chi connectivity index (χ4v) is 8.09. The molecular weight excluding hydrogens is 492 g/mol. The Balaban J connectivity index is 1.20. The van der Waals surface area contributed by atoms with Gasteiger partial charge in [-0.25, -0.2) is 4.79 Å². The van der Waals surface area contributed by atoms with Crippen molar-refractivity contribution in [3.63, 3.8) is 0 Å². The Morgan fingerprint density at radius 3 is 2.59 bits per heavy atom. The number of carbonyl (C=O) groups is 2. The van der Waals surface area contributed by atoms with Crippen LogP contribution in [0.15, 0.2) is 59.3 Å². The summed E-state index contributed by atoms with van der Waals surface area (Å²) < 4.78 is 4.87. The van der Waals surface area contributed by atoms with Gasteiger partial charge in [0.2, 0.25) is 0 Å². The Kier molecular flexibility index (Phi) is 7.49. The number of benzene rings is 1. The molecule has 7 atom stereocenters. The number of ether oxygens (including phenoxy) is 1. The van der Waals surface area contributed by atoms with Gasteiger partial charge in [-0.3, -0.25) is 4.79 Å². The highest BCUT2D eigenvalue weighted by Gasteiger charge is 2.61. The van der Waals surface area contributed by atoms with Gasteiger partial charge < -0.3 is 20.0 Å². The number of esters is 1. The zero-order valence-corrected chi connectivity index (χ0v) is 23.6. The summed E-state index contributed by atoms with van der Waals surface area (Å²) in [5.41, 5.74) is 2.43. The van der Waals surface area contributed by atoms with Crippen molar-refractivity contribution in [2.24, 2.45) is 33.7 Å². The minimum Gasteiger partial charge on any atom is -0.467 e. The van der Waals surface area contributed by atoms with Gasteiger partial charge >= 0.3 is 5.97 Å². The first-order valence-corrected chi connectivity index (χ1v) is 14.3. The molecule has 0 bridgehead atoms. The summed E-state index contributed by atoms with van der Waals surface area (Å²) in [5, 5.41) is 18.1. The maximum atomic E-state index is 12.5. The predicted octanol–water partition coefficient (Wildman–Crippen LogP) is 4.75. The Hall–Kier alpha value is -2.93. The first-order chi connectivity index (χ1) is 18.6. The number of fused-ring (bicyclic) bond motifs is 5. The van der Waals surface area contributed by atoms with Crippen LogP contribution in [0.25, 0.3) is 0 Å². The zero-order valence-electron chi connectivity index (χ0n) is 23.6. The number of aliphatic hydroxyl groups is 1. The molecule has 3 fully saturated rings. The molecule has 39 heavy (non-hydrogen) atoms.